The van der Waals surface area contributed by atoms with Crippen molar-refractivity contribution in [2.45, 2.75) is 64.1 Å². The van der Waals surface area contributed by atoms with Crippen LogP contribution in [-0.2, 0) is 25.6 Å². The zero-order valence-corrected chi connectivity index (χ0v) is 22.8. The van der Waals surface area contributed by atoms with Crippen LogP contribution in [0.2, 0.25) is 0 Å². The largest absolute Gasteiger partial charge is 0.370 e. The molecular weight excluding hydrogens is 547 g/mol. The van der Waals surface area contributed by atoms with Crippen molar-refractivity contribution in [2.24, 2.45) is 22.4 Å². The lowest BCUT2D eigenvalue weighted by molar-refractivity contribution is -0.143. The van der Waals surface area contributed by atoms with Crippen molar-refractivity contribution in [1.29, 1.82) is 0 Å². The average Bonchev–Trinajstić information content (AvgIpc) is 3.33. The minimum Gasteiger partial charge on any atom is -0.370 e. The highest BCUT2D eigenvalue weighted by molar-refractivity contribution is 9.10. The lowest BCUT2D eigenvalue weighted by atomic mass is 10.0. The molecule has 1 heterocycles. The maximum atomic E-state index is 13.5. The third kappa shape index (κ3) is 9.42. The quantitative estimate of drug-likeness (QED) is 0.155. The number of nitrogens with two attached hydrogens (primary N) is 2. The number of Topliss-reactive ketones (excluding diaryl/α,β-unsaturated/α-hetero) is 1. The summed E-state index contributed by atoms with van der Waals surface area (Å²) in [5.41, 5.74) is 11.4. The van der Waals surface area contributed by atoms with E-state index in [0.717, 1.165) is 10.0 Å². The third-order valence-corrected chi connectivity index (χ3v) is 6.62. The van der Waals surface area contributed by atoms with Gasteiger partial charge in [0.2, 0.25) is 17.7 Å². The van der Waals surface area contributed by atoms with E-state index in [4.69, 9.17) is 11.5 Å². The van der Waals surface area contributed by atoms with Crippen LogP contribution in [-0.4, -0.2) is 72.3 Å². The molecule has 3 atom stereocenters. The van der Waals surface area contributed by atoms with E-state index in [2.05, 4.69) is 31.6 Å². The summed E-state index contributed by atoms with van der Waals surface area (Å²) in [7, 11) is 0. The third-order valence-electron chi connectivity index (χ3n) is 6.12. The highest BCUT2D eigenvalue weighted by Crippen LogP contribution is 2.21. The van der Waals surface area contributed by atoms with E-state index < -0.39 is 36.5 Å². The summed E-state index contributed by atoms with van der Waals surface area (Å²) in [5, 5.41) is 5.42. The monoisotopic (exact) mass is 582 g/mol. The maximum absolute atomic E-state index is 13.5. The normalized spacial score (nSPS) is 16.7. The summed E-state index contributed by atoms with van der Waals surface area (Å²) < 4.78 is 14.0. The zero-order valence-electron chi connectivity index (χ0n) is 21.2. The molecule has 0 spiro atoms. The first kappa shape index (κ1) is 30.2. The number of aliphatic imine (C=N–C) groups is 1. The van der Waals surface area contributed by atoms with Gasteiger partial charge >= 0.3 is 0 Å². The molecule has 10 nitrogen and oxygen atoms in total. The molecule has 204 valence electrons. The van der Waals surface area contributed by atoms with Crippen LogP contribution in [0.4, 0.5) is 4.39 Å². The molecule has 0 aliphatic carbocycles. The Bertz CT molecular complexity index is 1000. The van der Waals surface area contributed by atoms with Gasteiger partial charge in [-0.05, 0) is 49.3 Å². The summed E-state index contributed by atoms with van der Waals surface area (Å²) in [6.45, 7) is 2.99. The number of nitrogens with zero attached hydrogens (tertiary/aromatic N) is 2. The number of nitrogens with one attached hydrogen (secondary N) is 2. The van der Waals surface area contributed by atoms with Crippen LogP contribution < -0.4 is 22.1 Å². The van der Waals surface area contributed by atoms with Crippen LogP contribution in [0.15, 0.2) is 33.7 Å². The lowest BCUT2D eigenvalue weighted by Gasteiger charge is -2.31. The fraction of sp³-hybridized carbons (Fsp3) is 0.560. The Kier molecular flexibility index (Phi) is 12.0. The zero-order chi connectivity index (χ0) is 27.5. The van der Waals surface area contributed by atoms with Crippen molar-refractivity contribution in [3.8, 4) is 0 Å². The summed E-state index contributed by atoms with van der Waals surface area (Å²) in [4.78, 5) is 56.6. The van der Waals surface area contributed by atoms with E-state index in [9.17, 15) is 23.6 Å². The molecule has 1 aromatic rings. The Balaban J connectivity index is 2.06. The second-order valence-electron chi connectivity index (χ2n) is 9.40. The Hall–Kier alpha value is -3.02. The minimum atomic E-state index is -1.22. The lowest BCUT2D eigenvalue weighted by Crippen LogP contribution is -2.56. The molecule has 0 radical (unpaired) electrons. The van der Waals surface area contributed by atoms with Gasteiger partial charge in [-0.25, -0.2) is 4.39 Å². The Morgan fingerprint density at radius 2 is 1.95 bits per heavy atom. The molecule has 0 saturated carbocycles. The van der Waals surface area contributed by atoms with Crippen LogP contribution >= 0.6 is 15.9 Å². The molecule has 1 aromatic carbocycles. The van der Waals surface area contributed by atoms with Gasteiger partial charge in [0.1, 0.15) is 18.8 Å². The first-order chi connectivity index (χ1) is 17.5. The van der Waals surface area contributed by atoms with Crippen LogP contribution in [0.3, 0.4) is 0 Å². The average molecular weight is 584 g/mol. The molecule has 0 aromatic heterocycles. The number of alkyl halides is 1. The Labute approximate surface area is 224 Å². The number of hydrogen-bond donors (Lipinski definition) is 4. The molecule has 0 bridgehead atoms. The molecule has 1 saturated heterocycles. The fourth-order valence-electron chi connectivity index (χ4n) is 4.23. The second-order valence-corrected chi connectivity index (χ2v) is 10.3. The molecule has 0 unspecified atom stereocenters. The van der Waals surface area contributed by atoms with Crippen molar-refractivity contribution in [2.75, 3.05) is 19.8 Å². The van der Waals surface area contributed by atoms with E-state index in [1.54, 1.807) is 0 Å². The van der Waals surface area contributed by atoms with Crippen LogP contribution in [0.5, 0.6) is 0 Å². The molecular formula is C25H36BrFN6O4. The fourth-order valence-corrected chi connectivity index (χ4v) is 4.68. The van der Waals surface area contributed by atoms with Gasteiger partial charge in [-0.3, -0.25) is 24.2 Å². The maximum Gasteiger partial charge on any atom is 0.246 e. The number of rotatable bonds is 13. The highest BCUT2D eigenvalue weighted by atomic mass is 79.9. The highest BCUT2D eigenvalue weighted by Gasteiger charge is 2.39. The number of carbonyl (C=O) groups excluding carboxylic acids is 4. The van der Waals surface area contributed by atoms with Crippen LogP contribution in [0, 0.1) is 5.92 Å². The van der Waals surface area contributed by atoms with Crippen molar-refractivity contribution >= 4 is 45.4 Å². The standard InChI is InChI=1S/C25H36BrFN6O4/c1-15(2)22(32-21(35)13-16-6-3-7-17(26)12-16)24(37)33-11-5-9-19(33)23(36)31-18(20(34)14-27)8-4-10-30-25(28)29/h3,6-7,12,15,18-19,22H,4-5,8-11,13-14H2,1-2H3,(H,31,36)(H,32,35)(H4,28,29,30)/t18-,19-,22-/m0/s1. The first-order valence-corrected chi connectivity index (χ1v) is 13.1. The molecule has 12 heteroatoms. The Morgan fingerprint density at radius 1 is 1.22 bits per heavy atom. The van der Waals surface area contributed by atoms with E-state index in [1.165, 1.54) is 4.90 Å². The Morgan fingerprint density at radius 3 is 2.57 bits per heavy atom. The van der Waals surface area contributed by atoms with Gasteiger partial charge in [0.25, 0.3) is 0 Å². The van der Waals surface area contributed by atoms with Crippen molar-refractivity contribution in [1.82, 2.24) is 15.5 Å². The molecule has 6 N–H and O–H groups in total. The number of halogens is 2. The molecule has 37 heavy (non-hydrogen) atoms. The number of hydrogen-bond acceptors (Lipinski definition) is 5. The van der Waals surface area contributed by atoms with Gasteiger partial charge in [-0.15, -0.1) is 0 Å². The van der Waals surface area contributed by atoms with Gasteiger partial charge in [0.15, 0.2) is 11.7 Å². The number of ketones is 1. The first-order valence-electron chi connectivity index (χ1n) is 12.3. The van der Waals surface area contributed by atoms with Gasteiger partial charge in [0, 0.05) is 17.6 Å². The van der Waals surface area contributed by atoms with Crippen molar-refractivity contribution in [3.63, 3.8) is 0 Å². The van der Waals surface area contributed by atoms with Gasteiger partial charge in [0.05, 0.1) is 12.5 Å². The van der Waals surface area contributed by atoms with Gasteiger partial charge in [-0.1, -0.05) is 41.9 Å². The molecule has 2 rings (SSSR count). The molecule has 1 aliphatic heterocycles. The van der Waals surface area contributed by atoms with Gasteiger partial charge in [-0.2, -0.15) is 0 Å². The molecule has 1 fully saturated rings. The van der Waals surface area contributed by atoms with Crippen molar-refractivity contribution < 1.29 is 23.6 Å². The predicted octanol–water partition coefficient (Wildman–Crippen LogP) is 1.20. The van der Waals surface area contributed by atoms with Crippen LogP contribution in [0.1, 0.15) is 45.1 Å². The van der Waals surface area contributed by atoms with E-state index in [-0.39, 0.29) is 43.1 Å². The smallest absolute Gasteiger partial charge is 0.246 e. The SMILES string of the molecule is CC(C)[C@H](NC(=O)Cc1cccc(Br)c1)C(=O)N1CCC[C@H]1C(=O)N[C@@H](CCCN=C(N)N)C(=O)CF. The number of likely N-dealkylation sites (tertiary alicyclic amines) is 1. The number of guanidine groups is 1. The van der Waals surface area contributed by atoms with E-state index in [1.807, 2.05) is 38.1 Å². The number of carbonyl (C=O) groups is 4. The minimum absolute atomic E-state index is 0.0963. The summed E-state index contributed by atoms with van der Waals surface area (Å²) in [6, 6.07) is 4.65. The van der Waals surface area contributed by atoms with Crippen molar-refractivity contribution in [3.05, 3.63) is 34.3 Å². The predicted molar refractivity (Wildman–Crippen MR) is 142 cm³/mol. The second kappa shape index (κ2) is 14.7. The summed E-state index contributed by atoms with van der Waals surface area (Å²) >= 11 is 3.38. The topological polar surface area (TPSA) is 160 Å². The van der Waals surface area contributed by atoms with Gasteiger partial charge < -0.3 is 27.0 Å². The van der Waals surface area contributed by atoms with E-state index >= 15 is 0 Å². The molecule has 3 amide bonds. The van der Waals surface area contributed by atoms with Crippen LogP contribution in [0.25, 0.3) is 0 Å². The number of benzene rings is 1. The van der Waals surface area contributed by atoms with E-state index in [0.29, 0.717) is 25.8 Å². The molecule has 1 aliphatic rings. The summed E-state index contributed by atoms with van der Waals surface area (Å²) in [5.74, 6) is -2.27. The number of amides is 3. The summed E-state index contributed by atoms with van der Waals surface area (Å²) in [6.07, 6.45) is 1.62.